The molecule has 0 bridgehead atoms. The number of benzene rings is 2. The minimum Gasteiger partial charge on any atom is -0.465 e. The number of carboxylic acid groups (broad SMARTS) is 1. The first-order valence-corrected chi connectivity index (χ1v) is 7.72. The molecule has 0 unspecified atom stereocenters. The fourth-order valence-electron chi connectivity index (χ4n) is 2.32. The highest BCUT2D eigenvalue weighted by atomic mass is 16.6. The van der Waals surface area contributed by atoms with Gasteiger partial charge < -0.3 is 10.8 Å². The predicted molar refractivity (Wildman–Crippen MR) is 93.8 cm³/mol. The van der Waals surface area contributed by atoms with Gasteiger partial charge in [0.05, 0.1) is 4.92 Å². The van der Waals surface area contributed by atoms with E-state index in [1.165, 1.54) is 6.07 Å². The summed E-state index contributed by atoms with van der Waals surface area (Å²) >= 11 is 0. The Hall–Kier alpha value is -3.22. The van der Waals surface area contributed by atoms with Crippen molar-refractivity contribution in [1.29, 1.82) is 0 Å². The van der Waals surface area contributed by atoms with Crippen molar-refractivity contribution in [3.8, 4) is 0 Å². The number of hydrogen-bond acceptors (Lipinski definition) is 4. The third kappa shape index (κ3) is 6.06. The molecule has 0 spiro atoms. The van der Waals surface area contributed by atoms with E-state index in [1.54, 1.807) is 36.4 Å². The fourth-order valence-corrected chi connectivity index (χ4v) is 2.32. The van der Waals surface area contributed by atoms with Crippen LogP contribution in [-0.2, 0) is 6.42 Å². The Labute approximate surface area is 145 Å². The number of carbonyl (C=O) groups is 2. The van der Waals surface area contributed by atoms with Crippen molar-refractivity contribution in [2.75, 3.05) is 0 Å². The van der Waals surface area contributed by atoms with Gasteiger partial charge in [-0.25, -0.2) is 4.79 Å². The van der Waals surface area contributed by atoms with E-state index in [2.05, 4.69) is 5.73 Å². The van der Waals surface area contributed by atoms with Gasteiger partial charge in [0.25, 0.3) is 5.69 Å². The summed E-state index contributed by atoms with van der Waals surface area (Å²) in [4.78, 5) is 32.1. The summed E-state index contributed by atoms with van der Waals surface area (Å²) in [6.45, 7) is 2.02. The van der Waals surface area contributed by atoms with Crippen LogP contribution in [-0.4, -0.2) is 21.9 Å². The molecule has 1 amide bonds. The zero-order valence-corrected chi connectivity index (χ0v) is 13.8. The molecule has 2 aromatic carbocycles. The zero-order chi connectivity index (χ0) is 18.8. The van der Waals surface area contributed by atoms with Gasteiger partial charge in [0.1, 0.15) is 0 Å². The maximum atomic E-state index is 12.6. The highest BCUT2D eigenvalue weighted by Crippen LogP contribution is 2.26. The van der Waals surface area contributed by atoms with E-state index < -0.39 is 11.0 Å². The van der Waals surface area contributed by atoms with Crippen LogP contribution in [0.4, 0.5) is 10.5 Å². The monoisotopic (exact) mass is 344 g/mol. The lowest BCUT2D eigenvalue weighted by atomic mass is 9.94. The number of rotatable bonds is 6. The van der Waals surface area contributed by atoms with Crippen LogP contribution in [0.5, 0.6) is 0 Å². The Morgan fingerprint density at radius 3 is 2.24 bits per heavy atom. The fraction of sp³-hybridized carbons (Fsp3) is 0.222. The topological polar surface area (TPSA) is 124 Å². The Kier molecular flexibility index (Phi) is 7.78. The third-order valence-corrected chi connectivity index (χ3v) is 3.41. The standard InChI is InChI=1S/C17H17NO3.CH3NO2/c1-2-3-10-14-15(11-7-12-16(14)18(20)21)17(19)13-8-5-4-6-9-13;2-1(3)4/h4-9,11-12H,2-3,10H2,1H3;2H2,(H,3,4). The number of amides is 1. The molecule has 0 aliphatic carbocycles. The Balaban J connectivity index is 0.000000705. The van der Waals surface area contributed by atoms with Crippen LogP contribution in [0.3, 0.4) is 0 Å². The van der Waals surface area contributed by atoms with Crippen molar-refractivity contribution in [3.05, 3.63) is 75.3 Å². The van der Waals surface area contributed by atoms with Gasteiger partial charge >= 0.3 is 6.09 Å². The SMILES string of the molecule is CCCCc1c(C(=O)c2ccccc2)cccc1[N+](=O)[O-].NC(=O)O. The molecule has 0 aliphatic rings. The van der Waals surface area contributed by atoms with Crippen LogP contribution >= 0.6 is 0 Å². The number of nitro groups is 1. The number of carbonyl (C=O) groups excluding carboxylic acids is 1. The van der Waals surface area contributed by atoms with Gasteiger partial charge in [-0.3, -0.25) is 14.9 Å². The maximum absolute atomic E-state index is 12.6. The molecule has 25 heavy (non-hydrogen) atoms. The molecule has 0 saturated heterocycles. The summed E-state index contributed by atoms with van der Waals surface area (Å²) in [6, 6.07) is 13.6. The van der Waals surface area contributed by atoms with Gasteiger partial charge in [0.15, 0.2) is 5.78 Å². The molecule has 0 aliphatic heterocycles. The lowest BCUT2D eigenvalue weighted by Gasteiger charge is -2.09. The summed E-state index contributed by atoms with van der Waals surface area (Å²) in [5.74, 6) is -0.162. The summed E-state index contributed by atoms with van der Waals surface area (Å²) < 4.78 is 0. The average molecular weight is 344 g/mol. The van der Waals surface area contributed by atoms with E-state index in [0.29, 0.717) is 23.1 Å². The molecule has 0 aromatic heterocycles. The molecule has 0 fully saturated rings. The quantitative estimate of drug-likeness (QED) is 0.469. The van der Waals surface area contributed by atoms with E-state index in [4.69, 9.17) is 9.90 Å². The van der Waals surface area contributed by atoms with Crippen LogP contribution in [0.15, 0.2) is 48.5 Å². The molecule has 0 atom stereocenters. The Morgan fingerprint density at radius 2 is 1.72 bits per heavy atom. The van der Waals surface area contributed by atoms with E-state index in [9.17, 15) is 14.9 Å². The van der Waals surface area contributed by atoms with Crippen LogP contribution < -0.4 is 5.73 Å². The summed E-state index contributed by atoms with van der Waals surface area (Å²) in [5, 5.41) is 18.4. The second-order valence-electron chi connectivity index (χ2n) is 5.20. The molecular formula is C18H20N2O5. The first-order chi connectivity index (χ1) is 11.9. The number of primary amides is 1. The number of nitro benzene ring substituents is 1. The minimum absolute atomic E-state index is 0.0326. The molecule has 0 heterocycles. The van der Waals surface area contributed by atoms with Crippen LogP contribution in [0.2, 0.25) is 0 Å². The number of unbranched alkanes of at least 4 members (excludes halogenated alkanes) is 1. The number of nitrogens with zero attached hydrogens (tertiary/aromatic N) is 1. The molecule has 2 rings (SSSR count). The normalized spacial score (nSPS) is 9.64. The van der Waals surface area contributed by atoms with Gasteiger partial charge in [-0.1, -0.05) is 55.8 Å². The number of nitrogens with two attached hydrogens (primary N) is 1. The van der Waals surface area contributed by atoms with Crippen molar-refractivity contribution in [2.24, 2.45) is 5.73 Å². The lowest BCUT2D eigenvalue weighted by molar-refractivity contribution is -0.385. The molecule has 0 radical (unpaired) electrons. The van der Waals surface area contributed by atoms with E-state index in [0.717, 1.165) is 12.8 Å². The van der Waals surface area contributed by atoms with Crippen LogP contribution in [0.1, 0.15) is 41.3 Å². The maximum Gasteiger partial charge on any atom is 0.402 e. The van der Waals surface area contributed by atoms with Gasteiger partial charge in [0.2, 0.25) is 0 Å². The summed E-state index contributed by atoms with van der Waals surface area (Å²) in [6.07, 6.45) is 0.951. The van der Waals surface area contributed by atoms with Crippen LogP contribution in [0, 0.1) is 10.1 Å². The smallest absolute Gasteiger partial charge is 0.402 e. The first-order valence-electron chi connectivity index (χ1n) is 7.72. The van der Waals surface area contributed by atoms with Gasteiger partial charge in [-0.05, 0) is 12.8 Å². The van der Waals surface area contributed by atoms with E-state index in [1.807, 2.05) is 13.0 Å². The van der Waals surface area contributed by atoms with Gasteiger partial charge in [-0.2, -0.15) is 0 Å². The highest BCUT2D eigenvalue weighted by molar-refractivity contribution is 6.10. The number of ketones is 1. The van der Waals surface area contributed by atoms with Crippen molar-refractivity contribution in [1.82, 2.24) is 0 Å². The first kappa shape index (κ1) is 19.8. The second kappa shape index (κ2) is 9.82. The van der Waals surface area contributed by atoms with E-state index in [-0.39, 0.29) is 11.5 Å². The molecule has 0 saturated carbocycles. The minimum atomic E-state index is -1.33. The third-order valence-electron chi connectivity index (χ3n) is 3.41. The number of hydrogen-bond donors (Lipinski definition) is 2. The van der Waals surface area contributed by atoms with Crippen molar-refractivity contribution in [2.45, 2.75) is 26.2 Å². The molecule has 7 heteroatoms. The molecule has 7 nitrogen and oxygen atoms in total. The Bertz CT molecular complexity index is 740. The highest BCUT2D eigenvalue weighted by Gasteiger charge is 2.21. The largest absolute Gasteiger partial charge is 0.465 e. The van der Waals surface area contributed by atoms with Gasteiger partial charge in [-0.15, -0.1) is 0 Å². The molecular weight excluding hydrogens is 324 g/mol. The predicted octanol–water partition coefficient (Wildman–Crippen LogP) is 3.79. The van der Waals surface area contributed by atoms with Crippen molar-refractivity contribution in [3.63, 3.8) is 0 Å². The van der Waals surface area contributed by atoms with Crippen molar-refractivity contribution < 1.29 is 19.6 Å². The van der Waals surface area contributed by atoms with Crippen molar-refractivity contribution >= 4 is 17.6 Å². The van der Waals surface area contributed by atoms with Crippen LogP contribution in [0.25, 0.3) is 0 Å². The second-order valence-corrected chi connectivity index (χ2v) is 5.20. The zero-order valence-electron chi connectivity index (χ0n) is 13.8. The van der Waals surface area contributed by atoms with Gasteiger partial charge in [0, 0.05) is 22.8 Å². The van der Waals surface area contributed by atoms with E-state index >= 15 is 0 Å². The Morgan fingerprint density at radius 1 is 1.12 bits per heavy atom. The lowest BCUT2D eigenvalue weighted by Crippen LogP contribution is -2.08. The molecule has 2 aromatic rings. The molecule has 3 N–H and O–H groups in total. The summed E-state index contributed by atoms with van der Waals surface area (Å²) in [7, 11) is 0. The molecule has 132 valence electrons. The average Bonchev–Trinajstić information content (AvgIpc) is 2.59. The summed E-state index contributed by atoms with van der Waals surface area (Å²) in [5.41, 5.74) is 5.59.